The lowest BCUT2D eigenvalue weighted by molar-refractivity contribution is 1.43. The van der Waals surface area contributed by atoms with Gasteiger partial charge >= 0.3 is 0 Å². The fourth-order valence-electron chi connectivity index (χ4n) is 0.311. The van der Waals surface area contributed by atoms with Crippen molar-refractivity contribution in [2.45, 2.75) is 6.92 Å². The summed E-state index contributed by atoms with van der Waals surface area (Å²) in [7, 11) is 0. The van der Waals surface area contributed by atoms with E-state index in [0.29, 0.717) is 0 Å². The molecule has 0 aromatic carbocycles. The summed E-state index contributed by atoms with van der Waals surface area (Å²) >= 11 is 1.12. The number of aryl methyl sites for hydroxylation is 1. The Balaban J connectivity index is 3.39. The van der Waals surface area contributed by atoms with Crippen molar-refractivity contribution in [1.29, 1.82) is 0 Å². The van der Waals surface area contributed by atoms with Crippen LogP contribution in [0.2, 0.25) is 0 Å². The van der Waals surface area contributed by atoms with Gasteiger partial charge in [0.2, 0.25) is 0 Å². The van der Waals surface area contributed by atoms with E-state index >= 15 is 0 Å². The van der Waals surface area contributed by atoms with Gasteiger partial charge in [-0.05, 0) is 18.5 Å². The number of aromatic amines is 1. The van der Waals surface area contributed by atoms with Gasteiger partial charge in [-0.3, -0.25) is 4.79 Å². The smallest absolute Gasteiger partial charge is 0.252 e. The second-order valence-electron chi connectivity index (χ2n) is 1.33. The van der Waals surface area contributed by atoms with E-state index < -0.39 is 0 Å². The molecule has 0 aliphatic heterocycles. The highest BCUT2D eigenvalue weighted by atomic mass is 32.1. The average Bonchev–Trinajstić information content (AvgIpc) is 1.91. The van der Waals surface area contributed by atoms with E-state index in [0.717, 1.165) is 17.1 Å². The van der Waals surface area contributed by atoms with Crippen molar-refractivity contribution < 1.29 is 0 Å². The van der Waals surface area contributed by atoms with Crippen molar-refractivity contribution in [1.82, 2.24) is 4.37 Å². The molecule has 0 bridgehead atoms. The zero-order valence-electron chi connectivity index (χ0n) is 3.89. The van der Waals surface area contributed by atoms with Gasteiger partial charge < -0.3 is 4.37 Å². The Morgan fingerprint density at radius 2 is 2.57 bits per heavy atom. The van der Waals surface area contributed by atoms with Crippen molar-refractivity contribution in [3.05, 3.63) is 21.3 Å². The molecule has 0 amide bonds. The first kappa shape index (κ1) is 4.59. The van der Waals surface area contributed by atoms with Crippen molar-refractivity contribution >= 4 is 11.5 Å². The third kappa shape index (κ3) is 0.718. The summed E-state index contributed by atoms with van der Waals surface area (Å²) in [6.07, 6.45) is 1.70. The maximum Gasteiger partial charge on any atom is 0.252 e. The summed E-state index contributed by atoms with van der Waals surface area (Å²) in [5, 5.41) is 0. The maximum atomic E-state index is 10.4. The van der Waals surface area contributed by atoms with Crippen molar-refractivity contribution in [2.75, 3.05) is 0 Å². The Hall–Kier alpha value is -0.570. The summed E-state index contributed by atoms with van der Waals surface area (Å²) in [4.78, 5) is 10.4. The van der Waals surface area contributed by atoms with Crippen LogP contribution >= 0.6 is 11.5 Å². The summed E-state index contributed by atoms with van der Waals surface area (Å²) in [5.74, 6) is 0. The molecule has 7 heavy (non-hydrogen) atoms. The fraction of sp³-hybridized carbons (Fsp3) is 0.250. The lowest BCUT2D eigenvalue weighted by Crippen LogP contribution is -1.89. The topological polar surface area (TPSA) is 32.9 Å². The van der Waals surface area contributed by atoms with Gasteiger partial charge in [0.05, 0.1) is 0 Å². The molecule has 3 heteroatoms. The first-order valence-electron chi connectivity index (χ1n) is 1.94. The van der Waals surface area contributed by atoms with Crippen LogP contribution in [-0.2, 0) is 0 Å². The first-order chi connectivity index (χ1) is 3.30. The molecule has 0 aliphatic rings. The van der Waals surface area contributed by atoms with Gasteiger partial charge in [-0.1, -0.05) is 0 Å². The number of hydrogen-bond donors (Lipinski definition) is 1. The number of nitrogens with one attached hydrogen (secondary N) is 1. The molecule has 1 N–H and O–H groups in total. The molecular formula is C4H5NOS. The highest BCUT2D eigenvalue weighted by molar-refractivity contribution is 7.03. The first-order valence-corrected chi connectivity index (χ1v) is 2.76. The monoisotopic (exact) mass is 115 g/mol. The molecule has 38 valence electrons. The van der Waals surface area contributed by atoms with Gasteiger partial charge in [0.15, 0.2) is 0 Å². The molecular weight excluding hydrogens is 110 g/mol. The SMILES string of the molecule is Cc1c[nH]sc1=O. The highest BCUT2D eigenvalue weighted by Gasteiger charge is 1.87. The van der Waals surface area contributed by atoms with Gasteiger partial charge in [0.25, 0.3) is 4.74 Å². The summed E-state index contributed by atoms with van der Waals surface area (Å²) in [6, 6.07) is 0. The lowest BCUT2D eigenvalue weighted by atomic mass is 10.4. The Bertz CT molecular complexity index is 199. The van der Waals surface area contributed by atoms with Crippen LogP contribution in [0.25, 0.3) is 0 Å². The standard InChI is InChI=1S/C4H5NOS/c1-3-2-5-7-4(3)6/h2,5H,1H3. The maximum absolute atomic E-state index is 10.4. The number of rotatable bonds is 0. The van der Waals surface area contributed by atoms with Crippen molar-refractivity contribution in [2.24, 2.45) is 0 Å². The van der Waals surface area contributed by atoms with Gasteiger partial charge in [0.1, 0.15) is 0 Å². The molecule has 0 spiro atoms. The molecule has 0 saturated carbocycles. The van der Waals surface area contributed by atoms with Crippen molar-refractivity contribution in [3.63, 3.8) is 0 Å². The highest BCUT2D eigenvalue weighted by Crippen LogP contribution is 1.85. The number of hydrogen-bond acceptors (Lipinski definition) is 2. The predicted octanol–water partition coefficient (Wildman–Crippen LogP) is 0.745. The van der Waals surface area contributed by atoms with Crippen LogP contribution < -0.4 is 4.74 Å². The largest absolute Gasteiger partial charge is 0.315 e. The minimum atomic E-state index is 0.125. The van der Waals surface area contributed by atoms with E-state index in [1.165, 1.54) is 0 Å². The minimum Gasteiger partial charge on any atom is -0.315 e. The van der Waals surface area contributed by atoms with E-state index in [1.807, 2.05) is 0 Å². The van der Waals surface area contributed by atoms with Crippen LogP contribution in [0.3, 0.4) is 0 Å². The molecule has 0 aliphatic carbocycles. The molecule has 1 heterocycles. The molecule has 2 nitrogen and oxygen atoms in total. The summed E-state index contributed by atoms with van der Waals surface area (Å²) < 4.78 is 2.85. The zero-order valence-corrected chi connectivity index (χ0v) is 4.71. The molecule has 0 fully saturated rings. The normalized spacial score (nSPS) is 9.29. The van der Waals surface area contributed by atoms with Crippen LogP contribution in [0.4, 0.5) is 0 Å². The second kappa shape index (κ2) is 1.50. The van der Waals surface area contributed by atoms with Crippen molar-refractivity contribution in [3.8, 4) is 0 Å². The third-order valence-electron chi connectivity index (χ3n) is 0.749. The van der Waals surface area contributed by atoms with E-state index in [-0.39, 0.29) is 4.74 Å². The molecule has 0 saturated heterocycles. The third-order valence-corrected chi connectivity index (χ3v) is 1.49. The van der Waals surface area contributed by atoms with E-state index in [4.69, 9.17) is 0 Å². The summed E-state index contributed by atoms with van der Waals surface area (Å²) in [5.41, 5.74) is 0.796. The molecule has 0 unspecified atom stereocenters. The molecule has 0 atom stereocenters. The second-order valence-corrected chi connectivity index (χ2v) is 2.15. The lowest BCUT2D eigenvalue weighted by Gasteiger charge is -1.63. The predicted molar refractivity (Wildman–Crippen MR) is 29.7 cm³/mol. The van der Waals surface area contributed by atoms with Crippen LogP contribution in [-0.4, -0.2) is 4.37 Å². The van der Waals surface area contributed by atoms with Gasteiger partial charge in [-0.2, -0.15) is 0 Å². The average molecular weight is 115 g/mol. The minimum absolute atomic E-state index is 0.125. The molecule has 1 aromatic heterocycles. The van der Waals surface area contributed by atoms with Gasteiger partial charge in [-0.25, -0.2) is 0 Å². The van der Waals surface area contributed by atoms with Crippen LogP contribution in [0.5, 0.6) is 0 Å². The van der Waals surface area contributed by atoms with Gasteiger partial charge in [0, 0.05) is 11.8 Å². The zero-order chi connectivity index (χ0) is 5.28. The summed E-state index contributed by atoms with van der Waals surface area (Å²) in [6.45, 7) is 1.79. The molecule has 0 radical (unpaired) electrons. The Morgan fingerprint density at radius 1 is 1.86 bits per heavy atom. The van der Waals surface area contributed by atoms with E-state index in [2.05, 4.69) is 4.37 Å². The Labute approximate surface area is 45.0 Å². The van der Waals surface area contributed by atoms with Crippen LogP contribution in [0.1, 0.15) is 5.56 Å². The van der Waals surface area contributed by atoms with E-state index in [1.54, 1.807) is 13.1 Å². The van der Waals surface area contributed by atoms with Gasteiger partial charge in [-0.15, -0.1) is 0 Å². The number of aromatic nitrogens is 1. The Morgan fingerprint density at radius 3 is 2.71 bits per heavy atom. The molecule has 1 rings (SSSR count). The fourth-order valence-corrected chi connectivity index (χ4v) is 0.873. The quantitative estimate of drug-likeness (QED) is 0.531. The number of H-pyrrole nitrogens is 1. The Kier molecular flexibility index (Phi) is 0.982. The van der Waals surface area contributed by atoms with Crippen LogP contribution in [0.15, 0.2) is 11.0 Å². The molecule has 1 aromatic rings. The van der Waals surface area contributed by atoms with Crippen LogP contribution in [0, 0.1) is 6.92 Å². The van der Waals surface area contributed by atoms with E-state index in [9.17, 15) is 4.79 Å².